The van der Waals surface area contributed by atoms with Crippen molar-refractivity contribution in [2.75, 3.05) is 0 Å². The summed E-state index contributed by atoms with van der Waals surface area (Å²) in [6, 6.07) is 6.20. The van der Waals surface area contributed by atoms with Gasteiger partial charge in [-0.2, -0.15) is 0 Å². The van der Waals surface area contributed by atoms with Crippen LogP contribution in [0.15, 0.2) is 42.2 Å². The van der Waals surface area contributed by atoms with Crippen LogP contribution in [0, 0.1) is 13.8 Å². The van der Waals surface area contributed by atoms with Gasteiger partial charge in [0, 0.05) is 6.42 Å². The molecule has 0 saturated heterocycles. The molecular weight excluding hydrogens is 291 g/mol. The van der Waals surface area contributed by atoms with Crippen LogP contribution in [0.3, 0.4) is 0 Å². The van der Waals surface area contributed by atoms with Crippen molar-refractivity contribution < 1.29 is 51.3 Å². The molecular formula is C13H14Cl2OTi. The Morgan fingerprint density at radius 2 is 1.65 bits per heavy atom. The molecule has 2 rings (SSSR count). The van der Waals surface area contributed by atoms with Crippen LogP contribution >= 0.6 is 0 Å². The van der Waals surface area contributed by atoms with E-state index in [1.807, 2.05) is 12.2 Å². The summed E-state index contributed by atoms with van der Waals surface area (Å²) in [5, 5.41) is 0. The van der Waals surface area contributed by atoms with E-state index in [0.717, 1.165) is 17.9 Å². The van der Waals surface area contributed by atoms with Gasteiger partial charge in [0.2, 0.25) is 0 Å². The maximum atomic E-state index is 5.84. The van der Waals surface area contributed by atoms with Gasteiger partial charge in [-0.25, -0.2) is 0 Å². The van der Waals surface area contributed by atoms with E-state index in [1.165, 1.54) is 11.1 Å². The average molecular weight is 305 g/mol. The summed E-state index contributed by atoms with van der Waals surface area (Å²) in [7, 11) is 0. The van der Waals surface area contributed by atoms with Crippen LogP contribution in [0.2, 0.25) is 0 Å². The topological polar surface area (TPSA) is 9.23 Å². The normalized spacial score (nSPS) is 11.8. The molecule has 1 aliphatic carbocycles. The van der Waals surface area contributed by atoms with Crippen molar-refractivity contribution in [3.05, 3.63) is 53.3 Å². The minimum Gasteiger partial charge on any atom is -1.00 e. The van der Waals surface area contributed by atoms with Crippen molar-refractivity contribution in [3.63, 3.8) is 0 Å². The molecule has 0 atom stereocenters. The molecule has 0 amide bonds. The summed E-state index contributed by atoms with van der Waals surface area (Å²) in [6.07, 6.45) is 7.06. The van der Waals surface area contributed by atoms with E-state index in [2.05, 4.69) is 38.1 Å². The Balaban J connectivity index is 0. The average Bonchev–Trinajstić information content (AvgIpc) is 2.64. The molecule has 0 saturated carbocycles. The molecule has 4 heteroatoms. The first-order valence-electron chi connectivity index (χ1n) is 4.87. The Bertz CT molecular complexity index is 394. The number of para-hydroxylation sites is 1. The van der Waals surface area contributed by atoms with Crippen LogP contribution in [0.4, 0.5) is 0 Å². The number of benzene rings is 1. The Labute approximate surface area is 130 Å². The predicted molar refractivity (Wildman–Crippen MR) is 58.4 cm³/mol. The fourth-order valence-corrected chi connectivity index (χ4v) is 1.59. The van der Waals surface area contributed by atoms with Crippen LogP contribution in [0.5, 0.6) is 5.75 Å². The fourth-order valence-electron chi connectivity index (χ4n) is 1.59. The molecule has 90 valence electrons. The van der Waals surface area contributed by atoms with Gasteiger partial charge < -0.3 is 29.6 Å². The van der Waals surface area contributed by atoms with Crippen LogP contribution < -0.4 is 29.6 Å². The molecule has 0 heterocycles. The maximum absolute atomic E-state index is 5.84. The van der Waals surface area contributed by atoms with Gasteiger partial charge >= 0.3 is 21.7 Å². The maximum Gasteiger partial charge on any atom is 2.00 e. The minimum absolute atomic E-state index is 0. The molecule has 0 aromatic heterocycles. The molecule has 1 aromatic carbocycles. The predicted octanol–water partition coefficient (Wildman–Crippen LogP) is -2.47. The summed E-state index contributed by atoms with van der Waals surface area (Å²) >= 11 is 0. The molecule has 0 bridgehead atoms. The second-order valence-electron chi connectivity index (χ2n) is 3.59. The van der Waals surface area contributed by atoms with Gasteiger partial charge in [0.05, 0.1) is 0 Å². The number of rotatable bonds is 2. The van der Waals surface area contributed by atoms with Gasteiger partial charge in [-0.3, -0.25) is 0 Å². The van der Waals surface area contributed by atoms with E-state index in [4.69, 9.17) is 4.74 Å². The zero-order valence-electron chi connectivity index (χ0n) is 9.84. The number of hydrogen-bond donors (Lipinski definition) is 0. The second-order valence-corrected chi connectivity index (χ2v) is 3.59. The third-order valence-corrected chi connectivity index (χ3v) is 2.38. The van der Waals surface area contributed by atoms with Crippen LogP contribution in [-0.4, -0.2) is 0 Å². The molecule has 0 N–H and O–H groups in total. The van der Waals surface area contributed by atoms with Crippen LogP contribution in [0.25, 0.3) is 0 Å². The molecule has 1 aliphatic rings. The number of aryl methyl sites for hydroxylation is 2. The molecule has 1 nitrogen and oxygen atoms in total. The number of allylic oxidation sites excluding steroid dienone is 3. The van der Waals surface area contributed by atoms with E-state index in [-0.39, 0.29) is 46.5 Å². The SMILES string of the molecule is Cc1cccc(C)c1OC1=CC=CC1.[Cl-].[Cl-].[Ti+2]. The van der Waals surface area contributed by atoms with Gasteiger partial charge in [-0.1, -0.05) is 30.4 Å². The van der Waals surface area contributed by atoms with Gasteiger partial charge in [0.15, 0.2) is 0 Å². The van der Waals surface area contributed by atoms with E-state index < -0.39 is 0 Å². The van der Waals surface area contributed by atoms with Crippen molar-refractivity contribution in [2.24, 2.45) is 0 Å². The fraction of sp³-hybridized carbons (Fsp3) is 0.231. The Kier molecular flexibility index (Phi) is 9.93. The van der Waals surface area contributed by atoms with E-state index in [9.17, 15) is 0 Å². The van der Waals surface area contributed by atoms with Gasteiger partial charge in [-0.05, 0) is 31.1 Å². The minimum atomic E-state index is 0. The summed E-state index contributed by atoms with van der Waals surface area (Å²) in [5.74, 6) is 2.03. The largest absolute Gasteiger partial charge is 2.00 e. The first kappa shape index (κ1) is 19.1. The van der Waals surface area contributed by atoms with Crippen molar-refractivity contribution in [1.82, 2.24) is 0 Å². The van der Waals surface area contributed by atoms with Crippen LogP contribution in [-0.2, 0) is 21.7 Å². The van der Waals surface area contributed by atoms with E-state index >= 15 is 0 Å². The third-order valence-electron chi connectivity index (χ3n) is 2.38. The number of hydrogen-bond acceptors (Lipinski definition) is 1. The summed E-state index contributed by atoms with van der Waals surface area (Å²) in [6.45, 7) is 4.15. The molecule has 0 fully saturated rings. The zero-order chi connectivity index (χ0) is 9.97. The monoisotopic (exact) mass is 304 g/mol. The van der Waals surface area contributed by atoms with Gasteiger partial charge in [0.25, 0.3) is 0 Å². The molecule has 0 radical (unpaired) electrons. The van der Waals surface area contributed by atoms with Crippen molar-refractivity contribution in [2.45, 2.75) is 20.3 Å². The first-order chi connectivity index (χ1) is 6.77. The van der Waals surface area contributed by atoms with Crippen molar-refractivity contribution in [1.29, 1.82) is 0 Å². The zero-order valence-corrected chi connectivity index (χ0v) is 12.9. The molecule has 0 unspecified atom stereocenters. The molecule has 17 heavy (non-hydrogen) atoms. The summed E-state index contributed by atoms with van der Waals surface area (Å²) < 4.78 is 5.84. The third kappa shape index (κ3) is 4.89. The second kappa shape index (κ2) is 8.82. The molecule has 0 spiro atoms. The van der Waals surface area contributed by atoms with Gasteiger partial charge in [0.1, 0.15) is 11.5 Å². The quantitative estimate of drug-likeness (QED) is 0.551. The molecule has 0 aliphatic heterocycles. The van der Waals surface area contributed by atoms with Gasteiger partial charge in [-0.15, -0.1) is 0 Å². The number of halogens is 2. The number of ether oxygens (including phenoxy) is 1. The van der Waals surface area contributed by atoms with E-state index in [1.54, 1.807) is 0 Å². The summed E-state index contributed by atoms with van der Waals surface area (Å²) in [5.41, 5.74) is 2.38. The van der Waals surface area contributed by atoms with Crippen LogP contribution in [0.1, 0.15) is 17.5 Å². The van der Waals surface area contributed by atoms with Crippen molar-refractivity contribution in [3.8, 4) is 5.75 Å². The Morgan fingerprint density at radius 3 is 2.12 bits per heavy atom. The summed E-state index contributed by atoms with van der Waals surface area (Å²) in [4.78, 5) is 0. The molecule has 1 aromatic rings. The Hall–Kier alpha value is -0.206. The first-order valence-corrected chi connectivity index (χ1v) is 4.87. The standard InChI is InChI=1S/C13H14O.2ClH.Ti/c1-10-6-5-7-11(2)13(10)14-12-8-3-4-9-12;;;/h3-8H,9H2,1-2H3;2*1H;/q;;;+2/p-2. The van der Waals surface area contributed by atoms with Crippen molar-refractivity contribution >= 4 is 0 Å². The van der Waals surface area contributed by atoms with E-state index in [0.29, 0.717) is 0 Å². The smallest absolute Gasteiger partial charge is 1.00 e. The Morgan fingerprint density at radius 1 is 1.06 bits per heavy atom.